The lowest BCUT2D eigenvalue weighted by Gasteiger charge is -2.03. The van der Waals surface area contributed by atoms with E-state index in [0.717, 1.165) is 21.8 Å². The molecule has 0 unspecified atom stereocenters. The fourth-order valence-electron chi connectivity index (χ4n) is 2.00. The zero-order valence-corrected chi connectivity index (χ0v) is 11.6. The topological polar surface area (TPSA) is 55.0 Å². The average molecular weight is 284 g/mol. The summed E-state index contributed by atoms with van der Waals surface area (Å²) in [5.41, 5.74) is 3.36. The molecule has 0 aliphatic heterocycles. The van der Waals surface area contributed by atoms with Crippen LogP contribution in [0.1, 0.15) is 10.4 Å². The minimum atomic E-state index is -0.336. The van der Waals surface area contributed by atoms with Crippen LogP contribution in [-0.4, -0.2) is 23.0 Å². The molecule has 3 aromatic rings. The van der Waals surface area contributed by atoms with Crippen molar-refractivity contribution in [3.8, 4) is 21.8 Å². The first kappa shape index (κ1) is 12.6. The van der Waals surface area contributed by atoms with Gasteiger partial charge in [-0.05, 0) is 23.6 Å². The first-order valence-electron chi connectivity index (χ1n) is 6.05. The molecular formula is C15H12N2O2S. The smallest absolute Gasteiger partial charge is 0.337 e. The van der Waals surface area contributed by atoms with E-state index in [1.165, 1.54) is 7.11 Å². The molecule has 0 bridgehead atoms. The summed E-state index contributed by atoms with van der Waals surface area (Å²) in [6.45, 7) is 0. The van der Waals surface area contributed by atoms with Gasteiger partial charge >= 0.3 is 5.97 Å². The van der Waals surface area contributed by atoms with Gasteiger partial charge in [-0.15, -0.1) is 11.3 Å². The van der Waals surface area contributed by atoms with Crippen molar-refractivity contribution in [1.29, 1.82) is 0 Å². The fraction of sp³-hybridized carbons (Fsp3) is 0.0667. The Morgan fingerprint density at radius 2 is 2.05 bits per heavy atom. The van der Waals surface area contributed by atoms with E-state index in [4.69, 9.17) is 4.74 Å². The van der Waals surface area contributed by atoms with Gasteiger partial charge in [0.2, 0.25) is 0 Å². The second-order valence-corrected chi connectivity index (χ2v) is 5.12. The van der Waals surface area contributed by atoms with Crippen molar-refractivity contribution >= 4 is 17.3 Å². The molecule has 0 aliphatic carbocycles. The molecule has 0 amide bonds. The Kier molecular flexibility index (Phi) is 3.35. The van der Waals surface area contributed by atoms with Crippen molar-refractivity contribution in [2.75, 3.05) is 7.11 Å². The minimum absolute atomic E-state index is 0.336. The number of nitrogens with one attached hydrogen (secondary N) is 1. The summed E-state index contributed by atoms with van der Waals surface area (Å²) in [7, 11) is 1.37. The molecule has 0 radical (unpaired) electrons. The fourth-order valence-corrected chi connectivity index (χ4v) is 2.74. The summed E-state index contributed by atoms with van der Waals surface area (Å²) < 4.78 is 4.69. The van der Waals surface area contributed by atoms with Crippen LogP contribution in [-0.2, 0) is 4.74 Å². The zero-order chi connectivity index (χ0) is 13.9. The molecule has 0 saturated carbocycles. The second-order valence-electron chi connectivity index (χ2n) is 4.17. The number of imidazole rings is 1. The highest BCUT2D eigenvalue weighted by molar-refractivity contribution is 7.13. The predicted octanol–water partition coefficient (Wildman–Crippen LogP) is 3.59. The molecule has 2 heterocycles. The summed E-state index contributed by atoms with van der Waals surface area (Å²) >= 11 is 1.66. The van der Waals surface area contributed by atoms with Gasteiger partial charge < -0.3 is 9.72 Å². The highest BCUT2D eigenvalue weighted by Crippen LogP contribution is 2.31. The summed E-state index contributed by atoms with van der Waals surface area (Å²) in [5.74, 6) is -0.336. The van der Waals surface area contributed by atoms with E-state index in [0.29, 0.717) is 5.56 Å². The largest absolute Gasteiger partial charge is 0.465 e. The van der Waals surface area contributed by atoms with E-state index in [1.807, 2.05) is 29.6 Å². The van der Waals surface area contributed by atoms with Gasteiger partial charge in [0.25, 0.3) is 0 Å². The molecule has 100 valence electrons. The molecule has 3 rings (SSSR count). The summed E-state index contributed by atoms with van der Waals surface area (Å²) in [6.07, 6.45) is 1.68. The Labute approximate surface area is 120 Å². The van der Waals surface area contributed by atoms with Gasteiger partial charge in [0.05, 0.1) is 35.3 Å². The van der Waals surface area contributed by atoms with Gasteiger partial charge in [-0.25, -0.2) is 9.78 Å². The predicted molar refractivity (Wildman–Crippen MR) is 78.7 cm³/mol. The maximum atomic E-state index is 11.4. The van der Waals surface area contributed by atoms with Gasteiger partial charge in [0.1, 0.15) is 0 Å². The van der Waals surface area contributed by atoms with Crippen LogP contribution in [0.3, 0.4) is 0 Å². The van der Waals surface area contributed by atoms with Crippen molar-refractivity contribution in [3.63, 3.8) is 0 Å². The maximum Gasteiger partial charge on any atom is 0.337 e. The summed E-state index contributed by atoms with van der Waals surface area (Å²) in [5, 5.41) is 2.03. The summed E-state index contributed by atoms with van der Waals surface area (Å²) in [4.78, 5) is 20.1. The van der Waals surface area contributed by atoms with E-state index < -0.39 is 0 Å². The number of methoxy groups -OCH3 is 1. The molecule has 5 heteroatoms. The lowest BCUT2D eigenvalue weighted by Crippen LogP contribution is -2.00. The number of ether oxygens (including phenoxy) is 1. The van der Waals surface area contributed by atoms with Crippen LogP contribution in [0.15, 0.2) is 48.1 Å². The van der Waals surface area contributed by atoms with Crippen LogP contribution in [0.2, 0.25) is 0 Å². The van der Waals surface area contributed by atoms with Crippen LogP contribution in [0.5, 0.6) is 0 Å². The van der Waals surface area contributed by atoms with Crippen molar-refractivity contribution in [2.24, 2.45) is 0 Å². The number of rotatable bonds is 3. The van der Waals surface area contributed by atoms with E-state index in [2.05, 4.69) is 9.97 Å². The van der Waals surface area contributed by atoms with Gasteiger partial charge in [0, 0.05) is 5.56 Å². The van der Waals surface area contributed by atoms with E-state index in [-0.39, 0.29) is 5.97 Å². The van der Waals surface area contributed by atoms with E-state index in [9.17, 15) is 4.79 Å². The number of carbonyl (C=O) groups excluding carboxylic acids is 1. The van der Waals surface area contributed by atoms with Crippen LogP contribution < -0.4 is 0 Å². The summed E-state index contributed by atoms with van der Waals surface area (Å²) in [6, 6.07) is 11.3. The number of esters is 1. The Morgan fingerprint density at radius 3 is 2.70 bits per heavy atom. The number of hydrogen-bond acceptors (Lipinski definition) is 4. The van der Waals surface area contributed by atoms with Crippen molar-refractivity contribution in [1.82, 2.24) is 9.97 Å². The van der Waals surface area contributed by atoms with Gasteiger partial charge in [-0.3, -0.25) is 0 Å². The zero-order valence-electron chi connectivity index (χ0n) is 10.8. The lowest BCUT2D eigenvalue weighted by molar-refractivity contribution is 0.0601. The maximum absolute atomic E-state index is 11.4. The number of hydrogen-bond donors (Lipinski definition) is 1. The van der Waals surface area contributed by atoms with E-state index in [1.54, 1.807) is 29.8 Å². The normalized spacial score (nSPS) is 10.4. The number of nitrogens with zero attached hydrogens (tertiary/aromatic N) is 1. The third-order valence-electron chi connectivity index (χ3n) is 2.99. The third-order valence-corrected chi connectivity index (χ3v) is 3.87. The highest BCUT2D eigenvalue weighted by Gasteiger charge is 2.12. The molecule has 0 aliphatic rings. The first-order chi connectivity index (χ1) is 9.79. The van der Waals surface area contributed by atoms with Crippen molar-refractivity contribution in [2.45, 2.75) is 0 Å². The van der Waals surface area contributed by atoms with Crippen LogP contribution >= 0.6 is 11.3 Å². The molecule has 2 aromatic heterocycles. The van der Waals surface area contributed by atoms with Crippen LogP contribution in [0.4, 0.5) is 0 Å². The van der Waals surface area contributed by atoms with Crippen LogP contribution in [0.25, 0.3) is 21.8 Å². The molecule has 4 nitrogen and oxygen atoms in total. The number of benzene rings is 1. The number of aromatic nitrogens is 2. The number of carbonyl (C=O) groups is 1. The molecule has 0 atom stereocenters. The van der Waals surface area contributed by atoms with Crippen molar-refractivity contribution in [3.05, 3.63) is 53.7 Å². The Morgan fingerprint density at radius 1 is 1.25 bits per heavy atom. The molecule has 0 fully saturated rings. The first-order valence-corrected chi connectivity index (χ1v) is 6.93. The van der Waals surface area contributed by atoms with Gasteiger partial charge in [-0.1, -0.05) is 18.2 Å². The standard InChI is InChI=1S/C15H12N2O2S/c1-19-15(18)11-6-4-10(5-7-11)13-14(17-9-16-13)12-3-2-8-20-12/h2-9H,1H3,(H,16,17). The molecule has 0 saturated heterocycles. The van der Waals surface area contributed by atoms with Gasteiger partial charge in [0.15, 0.2) is 0 Å². The number of H-pyrrole nitrogens is 1. The highest BCUT2D eigenvalue weighted by atomic mass is 32.1. The minimum Gasteiger partial charge on any atom is -0.465 e. The van der Waals surface area contributed by atoms with Crippen LogP contribution in [0, 0.1) is 0 Å². The average Bonchev–Trinajstić information content (AvgIpc) is 3.16. The Bertz CT molecular complexity index is 715. The molecular weight excluding hydrogens is 272 g/mol. The van der Waals surface area contributed by atoms with Gasteiger partial charge in [-0.2, -0.15) is 0 Å². The van der Waals surface area contributed by atoms with Crippen molar-refractivity contribution < 1.29 is 9.53 Å². The Hall–Kier alpha value is -2.40. The number of thiophene rings is 1. The monoisotopic (exact) mass is 284 g/mol. The quantitative estimate of drug-likeness (QED) is 0.748. The molecule has 0 spiro atoms. The third kappa shape index (κ3) is 2.23. The molecule has 1 aromatic carbocycles. The SMILES string of the molecule is COC(=O)c1ccc(-c2nc[nH]c2-c2cccs2)cc1. The molecule has 1 N–H and O–H groups in total. The number of aromatic amines is 1. The lowest BCUT2D eigenvalue weighted by atomic mass is 10.1. The molecule has 20 heavy (non-hydrogen) atoms. The Balaban J connectivity index is 1.98. The van der Waals surface area contributed by atoms with E-state index >= 15 is 0 Å². The second kappa shape index (κ2) is 5.30.